The third-order valence-electron chi connectivity index (χ3n) is 2.49. The SMILES string of the molecule is CC(CCN)N(C)Cc1cccnc1. The van der Waals surface area contributed by atoms with Gasteiger partial charge in [-0.2, -0.15) is 0 Å². The number of pyridine rings is 1. The summed E-state index contributed by atoms with van der Waals surface area (Å²) in [6, 6.07) is 4.59. The van der Waals surface area contributed by atoms with Crippen LogP contribution in [-0.2, 0) is 6.54 Å². The summed E-state index contributed by atoms with van der Waals surface area (Å²) in [5.74, 6) is 0. The van der Waals surface area contributed by atoms with E-state index in [0.717, 1.165) is 19.5 Å². The number of hydrogen-bond donors (Lipinski definition) is 1. The van der Waals surface area contributed by atoms with Gasteiger partial charge >= 0.3 is 0 Å². The second kappa shape index (κ2) is 5.73. The lowest BCUT2D eigenvalue weighted by Gasteiger charge is -2.23. The topological polar surface area (TPSA) is 42.1 Å². The van der Waals surface area contributed by atoms with Crippen LogP contribution in [0.4, 0.5) is 0 Å². The molecule has 3 heteroatoms. The van der Waals surface area contributed by atoms with Crippen molar-refractivity contribution in [2.24, 2.45) is 5.73 Å². The standard InChI is InChI=1S/C11H19N3/c1-10(5-6-12)14(2)9-11-4-3-7-13-8-11/h3-4,7-8,10H,5-6,9,12H2,1-2H3. The van der Waals surface area contributed by atoms with Crippen LogP contribution < -0.4 is 5.73 Å². The first-order chi connectivity index (χ1) is 6.74. The zero-order chi connectivity index (χ0) is 10.4. The largest absolute Gasteiger partial charge is 0.330 e. The van der Waals surface area contributed by atoms with Crippen molar-refractivity contribution in [1.82, 2.24) is 9.88 Å². The third kappa shape index (κ3) is 3.44. The Morgan fingerprint density at radius 3 is 2.93 bits per heavy atom. The molecule has 0 amide bonds. The molecule has 0 aliphatic carbocycles. The molecule has 1 rings (SSSR count). The lowest BCUT2D eigenvalue weighted by Crippen LogP contribution is -2.30. The highest BCUT2D eigenvalue weighted by Gasteiger charge is 2.07. The van der Waals surface area contributed by atoms with E-state index in [4.69, 9.17) is 5.73 Å². The highest BCUT2D eigenvalue weighted by molar-refractivity contribution is 5.08. The van der Waals surface area contributed by atoms with Gasteiger partial charge < -0.3 is 5.73 Å². The second-order valence-electron chi connectivity index (χ2n) is 3.70. The average molecular weight is 193 g/mol. The molecule has 0 aliphatic rings. The molecule has 1 aromatic rings. The van der Waals surface area contributed by atoms with Crippen LogP contribution in [0.1, 0.15) is 18.9 Å². The summed E-state index contributed by atoms with van der Waals surface area (Å²) in [7, 11) is 2.12. The van der Waals surface area contributed by atoms with Gasteiger partial charge in [0.25, 0.3) is 0 Å². The molecule has 1 aromatic heterocycles. The Hall–Kier alpha value is -0.930. The number of nitrogens with two attached hydrogens (primary N) is 1. The number of rotatable bonds is 5. The van der Waals surface area contributed by atoms with Crippen LogP contribution in [0.3, 0.4) is 0 Å². The smallest absolute Gasteiger partial charge is 0.0312 e. The predicted molar refractivity (Wildman–Crippen MR) is 58.8 cm³/mol. The van der Waals surface area contributed by atoms with Crippen LogP contribution >= 0.6 is 0 Å². The van der Waals surface area contributed by atoms with Crippen molar-refractivity contribution < 1.29 is 0 Å². The van der Waals surface area contributed by atoms with Crippen molar-refractivity contribution in [3.63, 3.8) is 0 Å². The molecule has 0 spiro atoms. The summed E-state index contributed by atoms with van der Waals surface area (Å²) >= 11 is 0. The molecule has 1 atom stereocenters. The van der Waals surface area contributed by atoms with Crippen molar-refractivity contribution in [3.05, 3.63) is 30.1 Å². The highest BCUT2D eigenvalue weighted by Crippen LogP contribution is 2.06. The van der Waals surface area contributed by atoms with Gasteiger partial charge in [0.2, 0.25) is 0 Å². The van der Waals surface area contributed by atoms with Crippen LogP contribution in [0.25, 0.3) is 0 Å². The van der Waals surface area contributed by atoms with Crippen LogP contribution in [0.5, 0.6) is 0 Å². The Morgan fingerprint density at radius 2 is 2.36 bits per heavy atom. The lowest BCUT2D eigenvalue weighted by molar-refractivity contribution is 0.240. The molecule has 0 saturated heterocycles. The van der Waals surface area contributed by atoms with Crippen LogP contribution in [0, 0.1) is 0 Å². The molecular formula is C11H19N3. The molecule has 0 fully saturated rings. The predicted octanol–water partition coefficient (Wildman–Crippen LogP) is 1.25. The van der Waals surface area contributed by atoms with E-state index in [1.54, 1.807) is 6.20 Å². The van der Waals surface area contributed by atoms with E-state index < -0.39 is 0 Å². The summed E-state index contributed by atoms with van der Waals surface area (Å²) in [5, 5.41) is 0. The summed E-state index contributed by atoms with van der Waals surface area (Å²) in [4.78, 5) is 6.39. The maximum Gasteiger partial charge on any atom is 0.0312 e. The molecule has 0 saturated carbocycles. The molecule has 1 heterocycles. The van der Waals surface area contributed by atoms with Crippen LogP contribution in [-0.4, -0.2) is 29.5 Å². The molecule has 2 N–H and O–H groups in total. The molecular weight excluding hydrogens is 174 g/mol. The quantitative estimate of drug-likeness (QED) is 0.765. The second-order valence-corrected chi connectivity index (χ2v) is 3.70. The normalized spacial score (nSPS) is 13.1. The van der Waals surface area contributed by atoms with Crippen LogP contribution in [0.2, 0.25) is 0 Å². The van der Waals surface area contributed by atoms with Crippen molar-refractivity contribution in [2.75, 3.05) is 13.6 Å². The zero-order valence-corrected chi connectivity index (χ0v) is 8.98. The van der Waals surface area contributed by atoms with Gasteiger partial charge in [-0.15, -0.1) is 0 Å². The van der Waals surface area contributed by atoms with Gasteiger partial charge in [0.05, 0.1) is 0 Å². The van der Waals surface area contributed by atoms with E-state index in [1.165, 1.54) is 5.56 Å². The molecule has 3 nitrogen and oxygen atoms in total. The first kappa shape index (κ1) is 11.1. The summed E-state index contributed by atoms with van der Waals surface area (Å²) in [6.45, 7) is 3.89. The summed E-state index contributed by atoms with van der Waals surface area (Å²) in [6.07, 6.45) is 4.75. The number of aromatic nitrogens is 1. The van der Waals surface area contributed by atoms with E-state index in [0.29, 0.717) is 6.04 Å². The average Bonchev–Trinajstić information content (AvgIpc) is 2.19. The minimum absolute atomic E-state index is 0.528. The monoisotopic (exact) mass is 193 g/mol. The molecule has 0 radical (unpaired) electrons. The lowest BCUT2D eigenvalue weighted by atomic mass is 10.2. The number of hydrogen-bond acceptors (Lipinski definition) is 3. The fourth-order valence-electron chi connectivity index (χ4n) is 1.40. The maximum atomic E-state index is 5.52. The van der Waals surface area contributed by atoms with E-state index in [9.17, 15) is 0 Å². The van der Waals surface area contributed by atoms with Crippen molar-refractivity contribution in [2.45, 2.75) is 25.9 Å². The van der Waals surface area contributed by atoms with Crippen molar-refractivity contribution in [3.8, 4) is 0 Å². The zero-order valence-electron chi connectivity index (χ0n) is 8.98. The van der Waals surface area contributed by atoms with Gasteiger partial charge in [0.15, 0.2) is 0 Å². The highest BCUT2D eigenvalue weighted by atomic mass is 15.1. The van der Waals surface area contributed by atoms with Crippen molar-refractivity contribution in [1.29, 1.82) is 0 Å². The van der Waals surface area contributed by atoms with Gasteiger partial charge in [-0.25, -0.2) is 0 Å². The van der Waals surface area contributed by atoms with Crippen LogP contribution in [0.15, 0.2) is 24.5 Å². The van der Waals surface area contributed by atoms with E-state index in [2.05, 4.69) is 29.9 Å². The van der Waals surface area contributed by atoms with Gasteiger partial charge in [0, 0.05) is 25.0 Å². The summed E-state index contributed by atoms with van der Waals surface area (Å²) < 4.78 is 0. The molecule has 0 aromatic carbocycles. The number of nitrogens with zero attached hydrogens (tertiary/aromatic N) is 2. The third-order valence-corrected chi connectivity index (χ3v) is 2.49. The molecule has 78 valence electrons. The minimum Gasteiger partial charge on any atom is -0.330 e. The molecule has 1 unspecified atom stereocenters. The fourth-order valence-corrected chi connectivity index (χ4v) is 1.40. The molecule has 14 heavy (non-hydrogen) atoms. The Morgan fingerprint density at radius 1 is 1.57 bits per heavy atom. The van der Waals surface area contributed by atoms with Crippen molar-refractivity contribution >= 4 is 0 Å². The van der Waals surface area contributed by atoms with E-state index in [1.807, 2.05) is 12.3 Å². The van der Waals surface area contributed by atoms with Gasteiger partial charge in [-0.3, -0.25) is 9.88 Å². The maximum absolute atomic E-state index is 5.52. The summed E-state index contributed by atoms with van der Waals surface area (Å²) in [5.41, 5.74) is 6.77. The first-order valence-corrected chi connectivity index (χ1v) is 5.03. The Bertz CT molecular complexity index is 248. The van der Waals surface area contributed by atoms with Gasteiger partial charge in [-0.1, -0.05) is 6.07 Å². The Labute approximate surface area is 85.9 Å². The Kier molecular flexibility index (Phi) is 4.56. The van der Waals surface area contributed by atoms with E-state index in [-0.39, 0.29) is 0 Å². The first-order valence-electron chi connectivity index (χ1n) is 5.03. The minimum atomic E-state index is 0.528. The molecule has 0 bridgehead atoms. The van der Waals surface area contributed by atoms with E-state index >= 15 is 0 Å². The van der Waals surface area contributed by atoms with Gasteiger partial charge in [0.1, 0.15) is 0 Å². The fraction of sp³-hybridized carbons (Fsp3) is 0.545. The Balaban J connectivity index is 2.44. The molecule has 0 aliphatic heterocycles. The van der Waals surface area contributed by atoms with Gasteiger partial charge in [-0.05, 0) is 38.6 Å².